The molecule has 1 aromatic heterocycles. The van der Waals surface area contributed by atoms with E-state index in [1.54, 1.807) is 6.07 Å². The lowest BCUT2D eigenvalue weighted by Gasteiger charge is -2.07. The van der Waals surface area contributed by atoms with Gasteiger partial charge in [-0.3, -0.25) is 15.2 Å². The van der Waals surface area contributed by atoms with Gasteiger partial charge >= 0.3 is 0 Å². The van der Waals surface area contributed by atoms with E-state index in [-0.39, 0.29) is 5.69 Å². The first-order valence-corrected chi connectivity index (χ1v) is 6.62. The van der Waals surface area contributed by atoms with E-state index < -0.39 is 4.92 Å². The van der Waals surface area contributed by atoms with Crippen molar-refractivity contribution in [1.29, 1.82) is 0 Å². The standard InChI is InChI=1S/C13H15ClN4O2/c1-9-10(8-16-17-9)3-2-6-15-13-5-4-11(18(19)20)7-12(13)14/h4-5,7-8,15H,2-3,6H2,1H3,(H,16,17). The molecule has 0 aliphatic carbocycles. The van der Waals surface area contributed by atoms with Crippen molar-refractivity contribution < 1.29 is 4.92 Å². The summed E-state index contributed by atoms with van der Waals surface area (Å²) in [6.45, 7) is 2.73. The monoisotopic (exact) mass is 294 g/mol. The van der Waals surface area contributed by atoms with Crippen molar-refractivity contribution in [2.24, 2.45) is 0 Å². The molecule has 0 aliphatic heterocycles. The number of H-pyrrole nitrogens is 1. The molecule has 7 heteroatoms. The zero-order valence-electron chi connectivity index (χ0n) is 11.0. The summed E-state index contributed by atoms with van der Waals surface area (Å²) in [5.74, 6) is 0. The number of benzene rings is 1. The topological polar surface area (TPSA) is 83.8 Å². The third-order valence-electron chi connectivity index (χ3n) is 3.04. The van der Waals surface area contributed by atoms with E-state index in [9.17, 15) is 10.1 Å². The predicted molar refractivity (Wildman–Crippen MR) is 78.2 cm³/mol. The van der Waals surface area contributed by atoms with E-state index in [2.05, 4.69) is 15.5 Å². The molecule has 1 heterocycles. The molecule has 0 saturated carbocycles. The van der Waals surface area contributed by atoms with Crippen LogP contribution in [0.15, 0.2) is 24.4 Å². The van der Waals surface area contributed by atoms with Gasteiger partial charge in [0.1, 0.15) is 0 Å². The summed E-state index contributed by atoms with van der Waals surface area (Å²) in [5, 5.41) is 21.0. The molecule has 0 radical (unpaired) electrons. The lowest BCUT2D eigenvalue weighted by Crippen LogP contribution is -2.04. The van der Waals surface area contributed by atoms with Gasteiger partial charge in [0.15, 0.2) is 0 Å². The number of rotatable bonds is 6. The van der Waals surface area contributed by atoms with Gasteiger partial charge in [-0.15, -0.1) is 0 Å². The first-order valence-electron chi connectivity index (χ1n) is 6.24. The molecular weight excluding hydrogens is 280 g/mol. The normalized spacial score (nSPS) is 10.5. The maximum absolute atomic E-state index is 10.6. The van der Waals surface area contributed by atoms with Crippen LogP contribution in [0.2, 0.25) is 5.02 Å². The molecule has 2 N–H and O–H groups in total. The summed E-state index contributed by atoms with van der Waals surface area (Å²) >= 11 is 6.00. The Bertz CT molecular complexity index is 612. The first-order chi connectivity index (χ1) is 9.58. The molecule has 0 spiro atoms. The highest BCUT2D eigenvalue weighted by atomic mass is 35.5. The Balaban J connectivity index is 1.85. The van der Waals surface area contributed by atoms with E-state index in [0.29, 0.717) is 10.7 Å². The van der Waals surface area contributed by atoms with Crippen molar-refractivity contribution in [2.75, 3.05) is 11.9 Å². The molecule has 0 fully saturated rings. The van der Waals surface area contributed by atoms with Crippen molar-refractivity contribution >= 4 is 23.0 Å². The summed E-state index contributed by atoms with van der Waals surface area (Å²) in [5.41, 5.74) is 2.98. The van der Waals surface area contributed by atoms with Crippen molar-refractivity contribution in [3.63, 3.8) is 0 Å². The molecule has 0 saturated heterocycles. The molecule has 0 unspecified atom stereocenters. The van der Waals surface area contributed by atoms with Crippen LogP contribution < -0.4 is 5.32 Å². The molecule has 20 heavy (non-hydrogen) atoms. The van der Waals surface area contributed by atoms with Gasteiger partial charge in [0.2, 0.25) is 0 Å². The zero-order valence-corrected chi connectivity index (χ0v) is 11.8. The molecule has 0 bridgehead atoms. The maximum Gasteiger partial charge on any atom is 0.271 e. The van der Waals surface area contributed by atoms with E-state index in [0.717, 1.165) is 25.1 Å². The number of nitrogens with one attached hydrogen (secondary N) is 2. The number of nitro groups is 1. The minimum absolute atomic E-state index is 0.00503. The highest BCUT2D eigenvalue weighted by molar-refractivity contribution is 6.33. The van der Waals surface area contributed by atoms with Gasteiger partial charge in [-0.2, -0.15) is 5.10 Å². The quantitative estimate of drug-likeness (QED) is 0.486. The van der Waals surface area contributed by atoms with Crippen LogP contribution in [0.3, 0.4) is 0 Å². The number of nitro benzene ring substituents is 1. The Morgan fingerprint density at radius 2 is 2.30 bits per heavy atom. The van der Waals surface area contributed by atoms with Crippen molar-refractivity contribution in [2.45, 2.75) is 19.8 Å². The van der Waals surface area contributed by atoms with Crippen LogP contribution in [-0.2, 0) is 6.42 Å². The van der Waals surface area contributed by atoms with Crippen LogP contribution in [0.4, 0.5) is 11.4 Å². The number of aryl methyl sites for hydroxylation is 2. The van der Waals surface area contributed by atoms with E-state index >= 15 is 0 Å². The minimum atomic E-state index is -0.461. The average Bonchev–Trinajstić information content (AvgIpc) is 2.81. The average molecular weight is 295 g/mol. The maximum atomic E-state index is 10.6. The number of anilines is 1. The fraction of sp³-hybridized carbons (Fsp3) is 0.308. The van der Waals surface area contributed by atoms with Crippen LogP contribution in [0.5, 0.6) is 0 Å². The second-order valence-corrected chi connectivity index (χ2v) is 4.88. The molecule has 106 valence electrons. The van der Waals surface area contributed by atoms with Gasteiger partial charge in [0.25, 0.3) is 5.69 Å². The molecule has 6 nitrogen and oxygen atoms in total. The number of aromatic nitrogens is 2. The summed E-state index contributed by atoms with van der Waals surface area (Å²) < 4.78 is 0. The van der Waals surface area contributed by atoms with E-state index in [1.165, 1.54) is 17.7 Å². The predicted octanol–water partition coefficient (Wildman–Crippen LogP) is 3.32. The minimum Gasteiger partial charge on any atom is -0.384 e. The van der Waals surface area contributed by atoms with Crippen LogP contribution in [0.25, 0.3) is 0 Å². The smallest absolute Gasteiger partial charge is 0.271 e. The van der Waals surface area contributed by atoms with E-state index in [1.807, 2.05) is 13.1 Å². The first kappa shape index (κ1) is 14.3. The fourth-order valence-electron chi connectivity index (χ4n) is 1.89. The van der Waals surface area contributed by atoms with Gasteiger partial charge in [-0.1, -0.05) is 11.6 Å². The lowest BCUT2D eigenvalue weighted by atomic mass is 10.1. The summed E-state index contributed by atoms with van der Waals surface area (Å²) in [6, 6.07) is 4.42. The molecule has 2 rings (SSSR count). The van der Waals surface area contributed by atoms with Crippen molar-refractivity contribution in [3.8, 4) is 0 Å². The summed E-state index contributed by atoms with van der Waals surface area (Å²) in [4.78, 5) is 10.1. The van der Waals surface area contributed by atoms with Gasteiger partial charge in [-0.05, 0) is 31.4 Å². The Labute approximate surface area is 121 Å². The van der Waals surface area contributed by atoms with Crippen molar-refractivity contribution in [1.82, 2.24) is 10.2 Å². The third kappa shape index (κ3) is 3.48. The number of nitrogens with zero attached hydrogens (tertiary/aromatic N) is 2. The zero-order chi connectivity index (χ0) is 14.5. The van der Waals surface area contributed by atoms with Gasteiger partial charge in [0.05, 0.1) is 21.8 Å². The largest absolute Gasteiger partial charge is 0.384 e. The lowest BCUT2D eigenvalue weighted by molar-refractivity contribution is -0.384. The Morgan fingerprint density at radius 3 is 2.90 bits per heavy atom. The Kier molecular flexibility index (Phi) is 4.57. The SMILES string of the molecule is Cc1[nH]ncc1CCCNc1ccc([N+](=O)[O-])cc1Cl. The molecular formula is C13H15ClN4O2. The highest BCUT2D eigenvalue weighted by Crippen LogP contribution is 2.26. The van der Waals surface area contributed by atoms with Crippen LogP contribution in [-0.4, -0.2) is 21.7 Å². The molecule has 1 aromatic carbocycles. The van der Waals surface area contributed by atoms with Gasteiger partial charge < -0.3 is 5.32 Å². The number of hydrogen-bond donors (Lipinski definition) is 2. The highest BCUT2D eigenvalue weighted by Gasteiger charge is 2.09. The number of aromatic amines is 1. The number of hydrogen-bond acceptors (Lipinski definition) is 4. The third-order valence-corrected chi connectivity index (χ3v) is 3.35. The molecule has 0 atom stereocenters. The Hall–Kier alpha value is -2.08. The van der Waals surface area contributed by atoms with Crippen LogP contribution >= 0.6 is 11.6 Å². The van der Waals surface area contributed by atoms with Crippen LogP contribution in [0, 0.1) is 17.0 Å². The van der Waals surface area contributed by atoms with Crippen molar-refractivity contribution in [3.05, 3.63) is 50.8 Å². The van der Waals surface area contributed by atoms with Gasteiger partial charge in [-0.25, -0.2) is 0 Å². The fourth-order valence-corrected chi connectivity index (χ4v) is 2.13. The van der Waals surface area contributed by atoms with E-state index in [4.69, 9.17) is 11.6 Å². The summed E-state index contributed by atoms with van der Waals surface area (Å²) in [6.07, 6.45) is 3.67. The van der Waals surface area contributed by atoms with Gasteiger partial charge in [0, 0.05) is 24.4 Å². The molecule has 0 aliphatic rings. The Morgan fingerprint density at radius 1 is 1.50 bits per heavy atom. The molecule has 0 amide bonds. The number of non-ortho nitro benzene ring substituents is 1. The number of halogens is 1. The second-order valence-electron chi connectivity index (χ2n) is 4.47. The molecule has 2 aromatic rings. The van der Waals surface area contributed by atoms with Crippen LogP contribution in [0.1, 0.15) is 17.7 Å². The second kappa shape index (κ2) is 6.38. The summed E-state index contributed by atoms with van der Waals surface area (Å²) in [7, 11) is 0.